The van der Waals surface area contributed by atoms with E-state index in [0.717, 1.165) is 11.2 Å². The van der Waals surface area contributed by atoms with Crippen molar-refractivity contribution in [2.75, 3.05) is 4.90 Å². The first-order valence-electron chi connectivity index (χ1n) is 20.9. The highest BCUT2D eigenvalue weighted by Gasteiger charge is 2.49. The highest BCUT2D eigenvalue weighted by molar-refractivity contribution is 6.89. The number of benzene rings is 5. The first kappa shape index (κ1) is 35.0. The molecule has 0 radical (unpaired) electrons. The molecule has 0 N–H and O–H groups in total. The van der Waals surface area contributed by atoms with Gasteiger partial charge in [0.15, 0.2) is 0 Å². The zero-order valence-corrected chi connectivity index (χ0v) is 34.7. The lowest BCUT2D eigenvalue weighted by Gasteiger charge is -2.48. The number of fused-ring (bicyclic) bond motifs is 9. The minimum Gasteiger partial charge on any atom is -0.469 e. The van der Waals surface area contributed by atoms with Crippen molar-refractivity contribution in [2.24, 2.45) is 16.7 Å². The van der Waals surface area contributed by atoms with Crippen LogP contribution in [0.2, 0.25) is 5.82 Å². The molecule has 0 saturated heterocycles. The molecule has 55 heavy (non-hydrogen) atoms. The Labute approximate surface area is 328 Å². The summed E-state index contributed by atoms with van der Waals surface area (Å²) in [7, 11) is 0. The lowest BCUT2D eigenvalue weighted by Crippen LogP contribution is -2.53. The van der Waals surface area contributed by atoms with Crippen LogP contribution in [-0.4, -0.2) is 6.71 Å². The van der Waals surface area contributed by atoms with E-state index in [9.17, 15) is 0 Å². The highest BCUT2D eigenvalue weighted by Crippen LogP contribution is 2.57. The summed E-state index contributed by atoms with van der Waals surface area (Å²) < 4.78 is 7.47. The molecule has 2 heterocycles. The standard InChI is InChI=1S/C52H56BNO/c1-31-15-20-43-45(25-31)54(35-19-18-34-17-16-33-13-11-12-14-36(33)37(34)27-35)47-38-28-40-42(52(9,10)24-22-50(40,5)6)30-46(38)55-48(47)53(43)44-29-41-39(26-32(44)2)49(3,4)21-23-51(41,7)8/h11-20,25-30,32,44H,21-24H2,1-10H3. The van der Waals surface area contributed by atoms with E-state index in [0.29, 0.717) is 5.92 Å². The second-order valence-electron chi connectivity index (χ2n) is 20.4. The van der Waals surface area contributed by atoms with Gasteiger partial charge in [-0.15, -0.1) is 0 Å². The molecule has 1 saturated carbocycles. The zero-order valence-electron chi connectivity index (χ0n) is 34.7. The minimum atomic E-state index is 0.0784. The average Bonchev–Trinajstić information content (AvgIpc) is 3.52. The third kappa shape index (κ3) is 5.13. The van der Waals surface area contributed by atoms with Crippen molar-refractivity contribution < 1.29 is 4.42 Å². The first-order chi connectivity index (χ1) is 26.0. The molecule has 1 aromatic heterocycles. The van der Waals surface area contributed by atoms with Gasteiger partial charge < -0.3 is 9.32 Å². The Balaban J connectivity index is 1.28. The maximum atomic E-state index is 7.47. The van der Waals surface area contributed by atoms with Gasteiger partial charge in [0, 0.05) is 16.8 Å². The van der Waals surface area contributed by atoms with Gasteiger partial charge in [-0.1, -0.05) is 129 Å². The molecule has 3 heteroatoms. The molecular formula is C52H56BNO. The fourth-order valence-electron chi connectivity index (χ4n) is 11.1. The second kappa shape index (κ2) is 11.5. The van der Waals surface area contributed by atoms with Gasteiger partial charge in [0.05, 0.1) is 11.3 Å². The Kier molecular flexibility index (Phi) is 7.33. The predicted octanol–water partition coefficient (Wildman–Crippen LogP) is 13.5. The lowest BCUT2D eigenvalue weighted by atomic mass is 9.31. The van der Waals surface area contributed by atoms with Gasteiger partial charge >= 0.3 is 0 Å². The quantitative estimate of drug-likeness (QED) is 0.131. The molecule has 0 bridgehead atoms. The monoisotopic (exact) mass is 721 g/mol. The van der Waals surface area contributed by atoms with Gasteiger partial charge in [-0.3, -0.25) is 0 Å². The molecule has 3 aliphatic carbocycles. The molecule has 10 rings (SSSR count). The summed E-state index contributed by atoms with van der Waals surface area (Å²) in [6, 6.07) is 32.6. The number of aryl methyl sites for hydroxylation is 1. The largest absolute Gasteiger partial charge is 0.469 e. The predicted molar refractivity (Wildman–Crippen MR) is 237 cm³/mol. The number of hydrogen-bond acceptors (Lipinski definition) is 2. The summed E-state index contributed by atoms with van der Waals surface area (Å²) >= 11 is 0. The van der Waals surface area contributed by atoms with Crippen molar-refractivity contribution in [3.63, 3.8) is 0 Å². The van der Waals surface area contributed by atoms with Crippen molar-refractivity contribution in [3.8, 4) is 0 Å². The molecule has 1 fully saturated rings. The van der Waals surface area contributed by atoms with Crippen molar-refractivity contribution >= 4 is 67.4 Å². The summed E-state index contributed by atoms with van der Waals surface area (Å²) in [6.07, 6.45) is 10.2. The number of rotatable bonds is 2. The maximum absolute atomic E-state index is 7.47. The van der Waals surface area contributed by atoms with Gasteiger partial charge in [-0.05, 0) is 151 Å². The number of anilines is 3. The van der Waals surface area contributed by atoms with Crippen LogP contribution in [0.15, 0.2) is 113 Å². The van der Waals surface area contributed by atoms with E-state index in [1.54, 1.807) is 11.1 Å². The Morgan fingerprint density at radius 2 is 1.24 bits per heavy atom. The van der Waals surface area contributed by atoms with E-state index in [2.05, 4.69) is 171 Å². The van der Waals surface area contributed by atoms with Crippen LogP contribution in [0.4, 0.5) is 17.1 Å². The molecule has 0 amide bonds. The fraction of sp³-hybridized carbons (Fsp3) is 0.385. The van der Waals surface area contributed by atoms with Crippen molar-refractivity contribution in [1.29, 1.82) is 0 Å². The first-order valence-corrected chi connectivity index (χ1v) is 20.9. The average molecular weight is 722 g/mol. The number of furan rings is 1. The normalized spacial score (nSPS) is 23.2. The zero-order chi connectivity index (χ0) is 38.4. The number of allylic oxidation sites excluding steroid dienone is 4. The molecule has 278 valence electrons. The van der Waals surface area contributed by atoms with Crippen LogP contribution in [0, 0.1) is 23.7 Å². The summed E-state index contributed by atoms with van der Waals surface area (Å²) in [5.74, 6) is 0.620. The summed E-state index contributed by atoms with van der Waals surface area (Å²) in [4.78, 5) is 2.57. The van der Waals surface area contributed by atoms with Gasteiger partial charge in [-0.2, -0.15) is 0 Å². The Morgan fingerprint density at radius 1 is 0.618 bits per heavy atom. The van der Waals surface area contributed by atoms with E-state index in [4.69, 9.17) is 4.42 Å². The van der Waals surface area contributed by atoms with Crippen LogP contribution in [0.5, 0.6) is 0 Å². The molecule has 2 atom stereocenters. The summed E-state index contributed by atoms with van der Waals surface area (Å²) in [5, 5.41) is 6.35. The molecular weight excluding hydrogens is 665 g/mol. The maximum Gasteiger partial charge on any atom is 0.268 e. The van der Waals surface area contributed by atoms with Gasteiger partial charge in [-0.25, -0.2) is 0 Å². The Morgan fingerprint density at radius 3 is 1.96 bits per heavy atom. The second-order valence-corrected chi connectivity index (χ2v) is 20.4. The Bertz CT molecular complexity index is 2660. The van der Waals surface area contributed by atoms with Gasteiger partial charge in [0.2, 0.25) is 0 Å². The fourth-order valence-corrected chi connectivity index (χ4v) is 11.1. The van der Waals surface area contributed by atoms with Crippen molar-refractivity contribution in [1.82, 2.24) is 0 Å². The van der Waals surface area contributed by atoms with Crippen molar-refractivity contribution in [3.05, 3.63) is 125 Å². The van der Waals surface area contributed by atoms with Crippen molar-refractivity contribution in [2.45, 2.75) is 112 Å². The van der Waals surface area contributed by atoms with E-state index in [-0.39, 0.29) is 34.2 Å². The van der Waals surface area contributed by atoms with Crippen LogP contribution in [0.1, 0.15) is 105 Å². The molecule has 4 aliphatic rings. The Hall–Kier alpha value is -4.50. The third-order valence-electron chi connectivity index (χ3n) is 14.8. The molecule has 2 nitrogen and oxygen atoms in total. The van der Waals surface area contributed by atoms with Crippen LogP contribution in [0.25, 0.3) is 32.5 Å². The smallest absolute Gasteiger partial charge is 0.268 e. The lowest BCUT2D eigenvalue weighted by molar-refractivity contribution is 0.254. The SMILES string of the molecule is Cc1ccc2c(c1)N(c1ccc3ccc4ccccc4c3c1)c1c(oc3cc4c(cc13)C(C)(C)CCC4(C)C)B2C1C=C2C(=CC1C)C(C)(C)CCC2(C)C. The van der Waals surface area contributed by atoms with Crippen LogP contribution in [0.3, 0.4) is 0 Å². The number of hydrogen-bond donors (Lipinski definition) is 0. The van der Waals surface area contributed by atoms with Crippen LogP contribution in [-0.2, 0) is 10.8 Å². The topological polar surface area (TPSA) is 16.4 Å². The third-order valence-corrected chi connectivity index (χ3v) is 14.8. The van der Waals surface area contributed by atoms with Gasteiger partial charge in [0.25, 0.3) is 6.71 Å². The highest BCUT2D eigenvalue weighted by atomic mass is 16.3. The number of nitrogens with zero attached hydrogens (tertiary/aromatic N) is 1. The van der Waals surface area contributed by atoms with E-state index in [1.165, 1.54) is 91.8 Å². The molecule has 5 aromatic carbocycles. The molecule has 0 spiro atoms. The van der Waals surface area contributed by atoms with E-state index in [1.807, 2.05) is 0 Å². The summed E-state index contributed by atoms with van der Waals surface area (Å²) in [6.45, 7) is 24.4. The summed E-state index contributed by atoms with van der Waals surface area (Å²) in [5.41, 5.74) is 15.0. The molecule has 1 aliphatic heterocycles. The molecule has 2 unspecified atom stereocenters. The van der Waals surface area contributed by atoms with Crippen LogP contribution < -0.4 is 16.0 Å². The molecule has 6 aromatic rings. The minimum absolute atomic E-state index is 0.0784. The van der Waals surface area contributed by atoms with E-state index < -0.39 is 0 Å². The van der Waals surface area contributed by atoms with E-state index >= 15 is 0 Å². The van der Waals surface area contributed by atoms with Gasteiger partial charge in [0.1, 0.15) is 5.58 Å². The van der Waals surface area contributed by atoms with Crippen LogP contribution >= 0.6 is 0 Å².